The Morgan fingerprint density at radius 3 is 2.47 bits per heavy atom. The molecule has 0 saturated carbocycles. The van der Waals surface area contributed by atoms with Gasteiger partial charge in [-0.1, -0.05) is 6.92 Å². The molecule has 1 amide bonds. The van der Waals surface area contributed by atoms with Crippen LogP contribution >= 0.6 is 0 Å². The number of hydrogen-bond donors (Lipinski definition) is 1. The Balaban J connectivity index is 2.32. The Hall–Kier alpha value is -1.10. The van der Waals surface area contributed by atoms with Crippen LogP contribution in [0.2, 0.25) is 0 Å². The first-order valence-corrected chi connectivity index (χ1v) is 6.10. The third-order valence-electron chi connectivity index (χ3n) is 3.34. The molecule has 0 aromatic rings. The highest BCUT2D eigenvalue weighted by molar-refractivity contribution is 5.78. The Morgan fingerprint density at radius 1 is 1.41 bits per heavy atom. The van der Waals surface area contributed by atoms with Crippen LogP contribution in [-0.2, 0) is 14.3 Å². The molecule has 1 atom stereocenters. The summed E-state index contributed by atoms with van der Waals surface area (Å²) in [5.41, 5.74) is 0. The molecule has 1 heterocycles. The molecule has 98 valence electrons. The van der Waals surface area contributed by atoms with Crippen LogP contribution < -0.4 is 5.32 Å². The minimum absolute atomic E-state index is 0.100. The van der Waals surface area contributed by atoms with E-state index in [0.29, 0.717) is 6.54 Å². The van der Waals surface area contributed by atoms with E-state index >= 15 is 0 Å². The van der Waals surface area contributed by atoms with Gasteiger partial charge in [-0.3, -0.25) is 9.59 Å². The molecule has 1 rings (SSSR count). The maximum absolute atomic E-state index is 11.4. The monoisotopic (exact) mass is 242 g/mol. The van der Waals surface area contributed by atoms with Crippen molar-refractivity contribution in [1.82, 2.24) is 10.2 Å². The quantitative estimate of drug-likeness (QED) is 0.718. The lowest BCUT2D eigenvalue weighted by atomic mass is 9.95. The lowest BCUT2D eigenvalue weighted by molar-refractivity contribution is -0.145. The van der Waals surface area contributed by atoms with Gasteiger partial charge in [-0.15, -0.1) is 0 Å². The van der Waals surface area contributed by atoms with E-state index in [-0.39, 0.29) is 23.7 Å². The third-order valence-corrected chi connectivity index (χ3v) is 3.34. The highest BCUT2D eigenvalue weighted by atomic mass is 16.5. The number of nitrogens with zero attached hydrogens (tertiary/aromatic N) is 1. The summed E-state index contributed by atoms with van der Waals surface area (Å²) in [6.45, 7) is 4.34. The maximum atomic E-state index is 11.4. The predicted octanol–water partition coefficient (Wildman–Crippen LogP) is 0.254. The normalized spacial score (nSPS) is 19.7. The van der Waals surface area contributed by atoms with Crippen molar-refractivity contribution < 1.29 is 14.3 Å². The zero-order valence-electron chi connectivity index (χ0n) is 10.9. The molecule has 1 unspecified atom stereocenters. The van der Waals surface area contributed by atoms with Gasteiger partial charge in [0.1, 0.15) is 0 Å². The smallest absolute Gasteiger partial charge is 0.309 e. The summed E-state index contributed by atoms with van der Waals surface area (Å²) in [6, 6.07) is 0. The number of likely N-dealkylation sites (tertiary alicyclic amines) is 1. The second-order valence-corrected chi connectivity index (χ2v) is 4.61. The van der Waals surface area contributed by atoms with Crippen LogP contribution in [-0.4, -0.2) is 50.6 Å². The van der Waals surface area contributed by atoms with Gasteiger partial charge in [0, 0.05) is 19.5 Å². The summed E-state index contributed by atoms with van der Waals surface area (Å²) in [7, 11) is 3.09. The second-order valence-electron chi connectivity index (χ2n) is 4.61. The fraction of sp³-hybridized carbons (Fsp3) is 0.833. The number of rotatable bonds is 4. The minimum atomic E-state index is -0.168. The van der Waals surface area contributed by atoms with Crippen LogP contribution in [0.1, 0.15) is 19.8 Å². The van der Waals surface area contributed by atoms with Gasteiger partial charge < -0.3 is 15.0 Å². The first-order valence-electron chi connectivity index (χ1n) is 6.10. The summed E-state index contributed by atoms with van der Waals surface area (Å²) in [5, 5.41) is 2.69. The van der Waals surface area contributed by atoms with E-state index in [4.69, 9.17) is 4.74 Å². The highest BCUT2D eigenvalue weighted by Crippen LogP contribution is 2.18. The largest absolute Gasteiger partial charge is 0.469 e. The third kappa shape index (κ3) is 4.00. The highest BCUT2D eigenvalue weighted by Gasteiger charge is 2.26. The first kappa shape index (κ1) is 14.0. The Bertz CT molecular complexity index is 273. The van der Waals surface area contributed by atoms with E-state index in [1.807, 2.05) is 6.92 Å². The average molecular weight is 242 g/mol. The first-order chi connectivity index (χ1) is 8.08. The summed E-state index contributed by atoms with van der Waals surface area (Å²) >= 11 is 0. The van der Waals surface area contributed by atoms with Crippen molar-refractivity contribution in [2.45, 2.75) is 19.8 Å². The zero-order chi connectivity index (χ0) is 12.8. The van der Waals surface area contributed by atoms with Crippen molar-refractivity contribution in [1.29, 1.82) is 0 Å². The van der Waals surface area contributed by atoms with Crippen molar-refractivity contribution in [2.75, 3.05) is 33.8 Å². The number of piperidine rings is 1. The average Bonchev–Trinajstić information content (AvgIpc) is 2.37. The molecule has 5 heteroatoms. The molecule has 1 aliphatic rings. The molecular formula is C12H22N2O3. The minimum Gasteiger partial charge on any atom is -0.469 e. The number of carbonyl (C=O) groups is 2. The van der Waals surface area contributed by atoms with Crippen molar-refractivity contribution in [3.63, 3.8) is 0 Å². The van der Waals surface area contributed by atoms with Gasteiger partial charge in [0.15, 0.2) is 0 Å². The number of esters is 1. The van der Waals surface area contributed by atoms with Crippen LogP contribution in [0.15, 0.2) is 0 Å². The van der Waals surface area contributed by atoms with Crippen molar-refractivity contribution in [3.05, 3.63) is 0 Å². The lowest BCUT2D eigenvalue weighted by Gasteiger charge is -2.32. The molecule has 0 bridgehead atoms. The second kappa shape index (κ2) is 6.59. The van der Waals surface area contributed by atoms with E-state index < -0.39 is 0 Å². The topological polar surface area (TPSA) is 58.6 Å². The Morgan fingerprint density at radius 2 is 2.00 bits per heavy atom. The molecule has 1 aliphatic heterocycles. The van der Waals surface area contributed by atoms with Gasteiger partial charge >= 0.3 is 5.97 Å². The molecule has 0 aromatic heterocycles. The number of carbonyl (C=O) groups excluding carboxylic acids is 2. The van der Waals surface area contributed by atoms with Crippen LogP contribution in [0.25, 0.3) is 0 Å². The Labute approximate surface area is 102 Å². The summed E-state index contributed by atoms with van der Waals surface area (Å²) in [5.74, 6) is -0.00896. The molecule has 0 aliphatic carbocycles. The van der Waals surface area contributed by atoms with E-state index in [1.165, 1.54) is 7.11 Å². The summed E-state index contributed by atoms with van der Waals surface area (Å²) in [4.78, 5) is 25.0. The van der Waals surface area contributed by atoms with Crippen molar-refractivity contribution in [2.24, 2.45) is 11.8 Å². The van der Waals surface area contributed by atoms with Crippen LogP contribution in [0.3, 0.4) is 0 Å². The molecule has 5 nitrogen and oxygen atoms in total. The van der Waals surface area contributed by atoms with Gasteiger partial charge in [0.2, 0.25) is 5.91 Å². The number of nitrogens with one attached hydrogen (secondary N) is 1. The van der Waals surface area contributed by atoms with E-state index in [9.17, 15) is 9.59 Å². The van der Waals surface area contributed by atoms with Crippen molar-refractivity contribution >= 4 is 11.9 Å². The fourth-order valence-corrected chi connectivity index (χ4v) is 2.24. The number of methoxy groups -OCH3 is 1. The van der Waals surface area contributed by atoms with Crippen molar-refractivity contribution in [3.8, 4) is 0 Å². The van der Waals surface area contributed by atoms with Gasteiger partial charge in [0.25, 0.3) is 0 Å². The molecule has 1 N–H and O–H groups in total. The van der Waals surface area contributed by atoms with Gasteiger partial charge in [-0.25, -0.2) is 0 Å². The molecule has 1 fully saturated rings. The van der Waals surface area contributed by atoms with E-state index in [0.717, 1.165) is 25.9 Å². The standard InChI is InChI=1S/C12H22N2O3/c1-9(12(16)17-3)8-14-6-4-10(5-7-14)11(15)13-2/h9-10H,4-8H2,1-3H3,(H,13,15). The zero-order valence-corrected chi connectivity index (χ0v) is 10.9. The van der Waals surface area contributed by atoms with Gasteiger partial charge in [-0.2, -0.15) is 0 Å². The lowest BCUT2D eigenvalue weighted by Crippen LogP contribution is -2.42. The fourth-order valence-electron chi connectivity index (χ4n) is 2.24. The Kier molecular flexibility index (Phi) is 5.41. The number of ether oxygens (including phenoxy) is 1. The van der Waals surface area contributed by atoms with Crippen LogP contribution in [0.5, 0.6) is 0 Å². The maximum Gasteiger partial charge on any atom is 0.309 e. The molecular weight excluding hydrogens is 220 g/mol. The SMILES string of the molecule is CNC(=O)C1CCN(CC(C)C(=O)OC)CC1. The molecule has 0 radical (unpaired) electrons. The molecule has 0 spiro atoms. The van der Waals surface area contributed by atoms with Crippen LogP contribution in [0.4, 0.5) is 0 Å². The predicted molar refractivity (Wildman–Crippen MR) is 64.4 cm³/mol. The number of amides is 1. The number of hydrogen-bond acceptors (Lipinski definition) is 4. The van der Waals surface area contributed by atoms with E-state index in [2.05, 4.69) is 10.2 Å². The van der Waals surface area contributed by atoms with E-state index in [1.54, 1.807) is 7.05 Å². The summed E-state index contributed by atoms with van der Waals surface area (Å²) < 4.78 is 4.70. The summed E-state index contributed by atoms with van der Waals surface area (Å²) in [6.07, 6.45) is 1.74. The molecule has 1 saturated heterocycles. The molecule has 17 heavy (non-hydrogen) atoms. The molecule has 0 aromatic carbocycles. The van der Waals surface area contributed by atoms with Crippen LogP contribution in [0, 0.1) is 11.8 Å². The van der Waals surface area contributed by atoms with Gasteiger partial charge in [-0.05, 0) is 25.9 Å². The van der Waals surface area contributed by atoms with Gasteiger partial charge in [0.05, 0.1) is 13.0 Å².